The van der Waals surface area contributed by atoms with Crippen LogP contribution in [0.4, 0.5) is 11.5 Å². The molecule has 3 aromatic heterocycles. The number of aromatic nitrogens is 4. The van der Waals surface area contributed by atoms with Gasteiger partial charge in [0.05, 0.1) is 6.26 Å². The molecule has 4 rings (SSSR count). The Morgan fingerprint density at radius 2 is 1.88 bits per heavy atom. The average Bonchev–Trinajstić information content (AvgIpc) is 3.20. The van der Waals surface area contributed by atoms with E-state index in [4.69, 9.17) is 9.83 Å². The van der Waals surface area contributed by atoms with E-state index >= 15 is 0 Å². The van der Waals surface area contributed by atoms with Gasteiger partial charge < -0.3 is 9.73 Å². The van der Waals surface area contributed by atoms with Crippen molar-refractivity contribution in [3.63, 3.8) is 0 Å². The molecule has 0 aliphatic carbocycles. The van der Waals surface area contributed by atoms with Gasteiger partial charge in [0.2, 0.25) is 0 Å². The van der Waals surface area contributed by atoms with Crippen LogP contribution in [-0.4, -0.2) is 25.5 Å². The molecule has 0 unspecified atom stereocenters. The number of benzene rings is 1. The fourth-order valence-corrected chi connectivity index (χ4v) is 2.37. The number of amides is 1. The normalized spacial score (nSPS) is 10.6. The zero-order valence-corrected chi connectivity index (χ0v) is 13.4. The predicted octanol–water partition coefficient (Wildman–Crippen LogP) is 2.03. The van der Waals surface area contributed by atoms with E-state index in [1.807, 2.05) is 30.3 Å². The zero-order valence-electron chi connectivity index (χ0n) is 13.4. The van der Waals surface area contributed by atoms with Crippen molar-refractivity contribution in [3.05, 3.63) is 72.6 Å². The van der Waals surface area contributed by atoms with Gasteiger partial charge in [0.25, 0.3) is 0 Å². The van der Waals surface area contributed by atoms with Crippen molar-refractivity contribution in [2.45, 2.75) is 0 Å². The number of hydrogen-bond acceptors (Lipinski definition) is 7. The predicted molar refractivity (Wildman–Crippen MR) is 93.3 cm³/mol. The Bertz CT molecular complexity index is 1120. The SMILES string of the molecule is N=c1c2ncnc(Nc3ccccc3)c2ncn1NC(=O)c1ccco1. The minimum absolute atomic E-state index is 0.0339. The van der Waals surface area contributed by atoms with Gasteiger partial charge in [0.15, 0.2) is 17.1 Å². The number of furan rings is 1. The lowest BCUT2D eigenvalue weighted by molar-refractivity contribution is 0.0980. The Labute approximate surface area is 146 Å². The number of carbonyl (C=O) groups is 1. The number of carbonyl (C=O) groups excluding carboxylic acids is 1. The van der Waals surface area contributed by atoms with Crippen LogP contribution in [0.1, 0.15) is 10.6 Å². The maximum absolute atomic E-state index is 12.1. The molecular formula is C17H13N7O2. The molecule has 3 heterocycles. The molecule has 1 aromatic carbocycles. The monoisotopic (exact) mass is 347 g/mol. The highest BCUT2D eigenvalue weighted by molar-refractivity contribution is 5.97. The first kappa shape index (κ1) is 15.5. The molecular weight excluding hydrogens is 334 g/mol. The fourth-order valence-electron chi connectivity index (χ4n) is 2.37. The second kappa shape index (κ2) is 6.48. The fraction of sp³-hybridized carbons (Fsp3) is 0. The summed E-state index contributed by atoms with van der Waals surface area (Å²) in [6.45, 7) is 0. The summed E-state index contributed by atoms with van der Waals surface area (Å²) in [5.74, 6) is 0.108. The van der Waals surface area contributed by atoms with E-state index in [0.717, 1.165) is 5.69 Å². The smallest absolute Gasteiger partial charge is 0.305 e. The number of nitrogens with zero attached hydrogens (tertiary/aromatic N) is 4. The van der Waals surface area contributed by atoms with Gasteiger partial charge in [-0.05, 0) is 24.3 Å². The molecule has 0 bridgehead atoms. The Hall–Kier alpha value is -4.01. The molecule has 9 nitrogen and oxygen atoms in total. The van der Waals surface area contributed by atoms with Crippen LogP contribution in [0.5, 0.6) is 0 Å². The lowest BCUT2D eigenvalue weighted by Crippen LogP contribution is -2.33. The summed E-state index contributed by atoms with van der Waals surface area (Å²) < 4.78 is 6.21. The molecule has 0 radical (unpaired) electrons. The Kier molecular flexibility index (Phi) is 3.86. The Morgan fingerprint density at radius 1 is 1.04 bits per heavy atom. The van der Waals surface area contributed by atoms with Gasteiger partial charge in [0.1, 0.15) is 23.7 Å². The first-order valence-electron chi connectivity index (χ1n) is 7.66. The maximum atomic E-state index is 12.1. The minimum atomic E-state index is -0.494. The highest BCUT2D eigenvalue weighted by Gasteiger charge is 2.12. The highest BCUT2D eigenvalue weighted by Crippen LogP contribution is 2.18. The van der Waals surface area contributed by atoms with Crippen molar-refractivity contribution in [2.24, 2.45) is 0 Å². The first-order chi connectivity index (χ1) is 12.7. The van der Waals surface area contributed by atoms with Crippen molar-refractivity contribution in [2.75, 3.05) is 10.7 Å². The minimum Gasteiger partial charge on any atom is -0.459 e. The third-order valence-corrected chi connectivity index (χ3v) is 3.59. The van der Waals surface area contributed by atoms with Gasteiger partial charge in [-0.3, -0.25) is 15.6 Å². The molecule has 128 valence electrons. The maximum Gasteiger partial charge on any atom is 0.305 e. The summed E-state index contributed by atoms with van der Waals surface area (Å²) in [4.78, 5) is 24.7. The molecule has 26 heavy (non-hydrogen) atoms. The van der Waals surface area contributed by atoms with Crippen LogP contribution in [-0.2, 0) is 0 Å². The number of fused-ring (bicyclic) bond motifs is 1. The van der Waals surface area contributed by atoms with Gasteiger partial charge in [0, 0.05) is 5.69 Å². The van der Waals surface area contributed by atoms with Gasteiger partial charge in [-0.15, -0.1) is 0 Å². The van der Waals surface area contributed by atoms with E-state index in [9.17, 15) is 4.79 Å². The Balaban J connectivity index is 1.70. The Morgan fingerprint density at radius 3 is 2.65 bits per heavy atom. The van der Waals surface area contributed by atoms with Gasteiger partial charge in [-0.1, -0.05) is 18.2 Å². The lowest BCUT2D eigenvalue weighted by Gasteiger charge is -2.11. The summed E-state index contributed by atoms with van der Waals surface area (Å²) in [5.41, 5.74) is 4.04. The van der Waals surface area contributed by atoms with E-state index in [1.165, 1.54) is 29.7 Å². The van der Waals surface area contributed by atoms with Crippen molar-refractivity contribution in [1.29, 1.82) is 5.41 Å². The largest absolute Gasteiger partial charge is 0.459 e. The molecule has 4 aromatic rings. The first-order valence-corrected chi connectivity index (χ1v) is 7.66. The third-order valence-electron chi connectivity index (χ3n) is 3.59. The summed E-state index contributed by atoms with van der Waals surface area (Å²) in [6, 6.07) is 12.6. The highest BCUT2D eigenvalue weighted by atomic mass is 16.3. The zero-order chi connectivity index (χ0) is 17.9. The van der Waals surface area contributed by atoms with Gasteiger partial charge >= 0.3 is 5.91 Å². The number of anilines is 2. The van der Waals surface area contributed by atoms with Crippen LogP contribution < -0.4 is 16.2 Å². The van der Waals surface area contributed by atoms with Crippen LogP contribution in [0, 0.1) is 5.41 Å². The molecule has 9 heteroatoms. The lowest BCUT2D eigenvalue weighted by atomic mass is 10.3. The summed E-state index contributed by atoms with van der Waals surface area (Å²) in [6.07, 6.45) is 4.06. The summed E-state index contributed by atoms with van der Waals surface area (Å²) >= 11 is 0. The number of hydrogen-bond donors (Lipinski definition) is 3. The molecule has 0 spiro atoms. The number of rotatable bonds is 4. The van der Waals surface area contributed by atoms with Crippen molar-refractivity contribution >= 4 is 28.4 Å². The van der Waals surface area contributed by atoms with Crippen LogP contribution in [0.2, 0.25) is 0 Å². The van der Waals surface area contributed by atoms with Crippen molar-refractivity contribution in [1.82, 2.24) is 19.6 Å². The van der Waals surface area contributed by atoms with Crippen LogP contribution in [0.15, 0.2) is 65.8 Å². The molecule has 1 amide bonds. The average molecular weight is 347 g/mol. The van der Waals surface area contributed by atoms with Crippen LogP contribution in [0.25, 0.3) is 11.0 Å². The quantitative estimate of drug-likeness (QED) is 0.519. The van der Waals surface area contributed by atoms with Crippen LogP contribution >= 0.6 is 0 Å². The van der Waals surface area contributed by atoms with Crippen LogP contribution in [0.3, 0.4) is 0 Å². The molecule has 3 N–H and O–H groups in total. The molecule has 0 fully saturated rings. The number of para-hydroxylation sites is 1. The summed E-state index contributed by atoms with van der Waals surface area (Å²) in [7, 11) is 0. The van der Waals surface area contributed by atoms with E-state index in [2.05, 4.69) is 25.7 Å². The van der Waals surface area contributed by atoms with Gasteiger partial charge in [-0.2, -0.15) is 0 Å². The molecule has 0 saturated heterocycles. The second-order valence-corrected chi connectivity index (χ2v) is 5.29. The molecule has 0 saturated carbocycles. The molecule has 0 aliphatic heterocycles. The molecule has 0 aliphatic rings. The third kappa shape index (κ3) is 2.88. The standard InChI is InChI=1S/C17H13N7O2/c18-15-13-14(16(20-9-19-13)22-11-5-2-1-3-6-11)21-10-24(15)23-17(25)12-7-4-8-26-12/h1-10,18H,(H,23,25)(H,19,20,22). The second-order valence-electron chi connectivity index (χ2n) is 5.29. The van der Waals surface area contributed by atoms with Crippen molar-refractivity contribution in [3.8, 4) is 0 Å². The van der Waals surface area contributed by atoms with E-state index in [1.54, 1.807) is 6.07 Å². The van der Waals surface area contributed by atoms with E-state index < -0.39 is 5.91 Å². The number of nitrogens with one attached hydrogen (secondary N) is 3. The van der Waals surface area contributed by atoms with Gasteiger partial charge in [-0.25, -0.2) is 19.6 Å². The van der Waals surface area contributed by atoms with E-state index in [-0.39, 0.29) is 11.2 Å². The molecule has 0 atom stereocenters. The topological polar surface area (TPSA) is 122 Å². The van der Waals surface area contributed by atoms with E-state index in [0.29, 0.717) is 16.9 Å². The summed E-state index contributed by atoms with van der Waals surface area (Å²) in [5, 5.41) is 11.4. The van der Waals surface area contributed by atoms with Crippen molar-refractivity contribution < 1.29 is 9.21 Å².